The molecule has 0 aliphatic carbocycles. The Kier molecular flexibility index (Phi) is 3.38. The van der Waals surface area contributed by atoms with Gasteiger partial charge in [-0.05, 0) is 0 Å². The molecule has 4 nitrogen and oxygen atoms in total. The van der Waals surface area contributed by atoms with E-state index < -0.39 is 17.0 Å². The van der Waals surface area contributed by atoms with Crippen LogP contribution in [0.5, 0.6) is 0 Å². The van der Waals surface area contributed by atoms with E-state index in [1.807, 2.05) is 0 Å². The van der Waals surface area contributed by atoms with E-state index in [-0.39, 0.29) is 6.42 Å². The van der Waals surface area contributed by atoms with Crippen LogP contribution in [0, 0.1) is 5.41 Å². The van der Waals surface area contributed by atoms with Gasteiger partial charge in [-0.25, -0.2) is 9.59 Å². The molecule has 0 amide bonds. The van der Waals surface area contributed by atoms with Crippen molar-refractivity contribution < 1.29 is 19.5 Å². The highest BCUT2D eigenvalue weighted by atomic mass is 16.4. The van der Waals surface area contributed by atoms with Gasteiger partial charge in [0.25, 0.3) is 0 Å². The summed E-state index contributed by atoms with van der Waals surface area (Å²) < 4.78 is 0. The number of aliphatic carboxylic acids is 1. The molecule has 0 fully saturated rings. The predicted molar refractivity (Wildman–Crippen MR) is 41.3 cm³/mol. The lowest BCUT2D eigenvalue weighted by Gasteiger charge is -2.18. The largest absolute Gasteiger partial charge is 0.477 e. The molecule has 0 aromatic heterocycles. The maximum Gasteiger partial charge on any atom is 0.343 e. The second-order valence-corrected chi connectivity index (χ2v) is 3.04. The van der Waals surface area contributed by atoms with Crippen LogP contribution in [0.15, 0.2) is 5.57 Å². The zero-order valence-corrected chi connectivity index (χ0v) is 6.96. The second-order valence-electron chi connectivity index (χ2n) is 3.04. The average molecular weight is 170 g/mol. The van der Waals surface area contributed by atoms with Gasteiger partial charge < -0.3 is 9.90 Å². The van der Waals surface area contributed by atoms with E-state index >= 15 is 0 Å². The number of aldehydes is 1. The monoisotopic (exact) mass is 170 g/mol. The molecule has 0 heterocycles. The number of carbonyl (C=O) groups excluding carboxylic acids is 2. The molecule has 66 valence electrons. The first-order chi connectivity index (χ1) is 5.45. The zero-order chi connectivity index (χ0) is 9.78. The van der Waals surface area contributed by atoms with Gasteiger partial charge in [0, 0.05) is 11.8 Å². The van der Waals surface area contributed by atoms with Crippen LogP contribution >= 0.6 is 0 Å². The number of carbonyl (C=O) groups is 2. The third-order valence-electron chi connectivity index (χ3n) is 1.59. The molecule has 0 saturated carbocycles. The summed E-state index contributed by atoms with van der Waals surface area (Å²) in [4.78, 5) is 30.8. The normalized spacial score (nSPS) is 10.2. The van der Waals surface area contributed by atoms with Crippen molar-refractivity contribution in [3.8, 4) is 0 Å². The average Bonchev–Trinajstić information content (AvgIpc) is 1.86. The van der Waals surface area contributed by atoms with E-state index in [1.54, 1.807) is 0 Å². The number of carboxylic acids is 1. The van der Waals surface area contributed by atoms with Gasteiger partial charge in [-0.15, -0.1) is 0 Å². The summed E-state index contributed by atoms with van der Waals surface area (Å²) in [5, 5.41) is 8.52. The summed E-state index contributed by atoms with van der Waals surface area (Å²) in [6.45, 7) is 3.02. The highest BCUT2D eigenvalue weighted by molar-refractivity contribution is 5.97. The van der Waals surface area contributed by atoms with Crippen molar-refractivity contribution in [2.24, 2.45) is 5.41 Å². The summed E-state index contributed by atoms with van der Waals surface area (Å²) in [7, 11) is 0. The summed E-state index contributed by atoms with van der Waals surface area (Å²) >= 11 is 0. The standard InChI is InChI=1S/C8H10O4/c1-8(2,3-4-9)6(5-10)7(11)12/h4H,3H2,1-2H3,(H,11,12). The first-order valence-electron chi connectivity index (χ1n) is 3.38. The van der Waals surface area contributed by atoms with Crippen LogP contribution in [0.25, 0.3) is 0 Å². The number of hydrogen-bond donors (Lipinski definition) is 1. The van der Waals surface area contributed by atoms with E-state index in [9.17, 15) is 14.4 Å². The molecule has 0 rings (SSSR count). The fraction of sp³-hybridized carbons (Fsp3) is 0.500. The Balaban J connectivity index is 4.85. The second kappa shape index (κ2) is 3.83. The first-order valence-corrected chi connectivity index (χ1v) is 3.38. The Labute approximate surface area is 69.9 Å². The minimum absolute atomic E-state index is 0.00384. The third-order valence-corrected chi connectivity index (χ3v) is 1.59. The summed E-state index contributed by atoms with van der Waals surface area (Å²) in [6.07, 6.45) is 0.587. The van der Waals surface area contributed by atoms with Crippen molar-refractivity contribution in [3.05, 3.63) is 5.57 Å². The fourth-order valence-electron chi connectivity index (χ4n) is 0.782. The molecule has 0 aliphatic heterocycles. The van der Waals surface area contributed by atoms with Gasteiger partial charge in [-0.3, -0.25) is 0 Å². The van der Waals surface area contributed by atoms with Crippen LogP contribution in [0.3, 0.4) is 0 Å². The first kappa shape index (κ1) is 10.6. The molecule has 0 unspecified atom stereocenters. The molecule has 1 N–H and O–H groups in total. The molecule has 0 saturated heterocycles. The Morgan fingerprint density at radius 3 is 2.33 bits per heavy atom. The van der Waals surface area contributed by atoms with Crippen LogP contribution in [-0.2, 0) is 14.4 Å². The molecule has 0 aliphatic rings. The maximum absolute atomic E-state index is 10.4. The molecule has 4 heteroatoms. The molecule has 0 bridgehead atoms. The summed E-state index contributed by atoms with van der Waals surface area (Å²) in [5.41, 5.74) is -1.33. The Morgan fingerprint density at radius 1 is 1.58 bits per heavy atom. The topological polar surface area (TPSA) is 71.4 Å². The van der Waals surface area contributed by atoms with Crippen LogP contribution in [0.1, 0.15) is 20.3 Å². The smallest absolute Gasteiger partial charge is 0.343 e. The molecule has 0 aromatic rings. The van der Waals surface area contributed by atoms with Crippen molar-refractivity contribution in [2.45, 2.75) is 20.3 Å². The quantitative estimate of drug-likeness (QED) is 0.377. The number of hydrogen-bond acceptors (Lipinski definition) is 3. The Bertz CT molecular complexity index is 246. The Morgan fingerprint density at radius 2 is 2.08 bits per heavy atom. The van der Waals surface area contributed by atoms with Gasteiger partial charge in [0.15, 0.2) is 0 Å². The van der Waals surface area contributed by atoms with E-state index in [2.05, 4.69) is 0 Å². The van der Waals surface area contributed by atoms with Crippen molar-refractivity contribution in [3.63, 3.8) is 0 Å². The van der Waals surface area contributed by atoms with E-state index in [4.69, 9.17) is 5.11 Å². The lowest BCUT2D eigenvalue weighted by atomic mass is 9.82. The number of carboxylic acid groups (broad SMARTS) is 1. The molecule has 0 aromatic carbocycles. The zero-order valence-electron chi connectivity index (χ0n) is 6.96. The lowest BCUT2D eigenvalue weighted by Crippen LogP contribution is -2.22. The maximum atomic E-state index is 10.4. The van der Waals surface area contributed by atoms with Crippen molar-refractivity contribution in [2.75, 3.05) is 0 Å². The summed E-state index contributed by atoms with van der Waals surface area (Å²) in [5.74, 6) is 0.0125. The van der Waals surface area contributed by atoms with Gasteiger partial charge in [-0.1, -0.05) is 13.8 Å². The highest BCUT2D eigenvalue weighted by Crippen LogP contribution is 2.27. The van der Waals surface area contributed by atoms with Crippen LogP contribution in [-0.4, -0.2) is 23.3 Å². The van der Waals surface area contributed by atoms with E-state index in [1.165, 1.54) is 19.8 Å². The minimum atomic E-state index is -1.32. The van der Waals surface area contributed by atoms with Crippen LogP contribution in [0.4, 0.5) is 0 Å². The summed E-state index contributed by atoms with van der Waals surface area (Å²) in [6, 6.07) is 0. The van der Waals surface area contributed by atoms with Crippen LogP contribution < -0.4 is 0 Å². The van der Waals surface area contributed by atoms with E-state index in [0.717, 1.165) is 0 Å². The van der Waals surface area contributed by atoms with Crippen LogP contribution in [0.2, 0.25) is 0 Å². The molecule has 12 heavy (non-hydrogen) atoms. The highest BCUT2D eigenvalue weighted by Gasteiger charge is 2.29. The van der Waals surface area contributed by atoms with E-state index in [0.29, 0.717) is 6.29 Å². The van der Waals surface area contributed by atoms with Gasteiger partial charge in [0.05, 0.1) is 0 Å². The van der Waals surface area contributed by atoms with Gasteiger partial charge in [0.2, 0.25) is 0 Å². The van der Waals surface area contributed by atoms with Gasteiger partial charge in [0.1, 0.15) is 17.8 Å². The minimum Gasteiger partial charge on any atom is -0.477 e. The third kappa shape index (κ3) is 2.32. The van der Waals surface area contributed by atoms with Gasteiger partial charge >= 0.3 is 5.97 Å². The SMILES string of the molecule is CC(C)(CC=O)C(=C=O)C(=O)O. The number of rotatable bonds is 4. The van der Waals surface area contributed by atoms with Gasteiger partial charge in [-0.2, -0.15) is 0 Å². The molecule has 0 spiro atoms. The fourth-order valence-corrected chi connectivity index (χ4v) is 0.782. The Hall–Kier alpha value is -1.41. The predicted octanol–water partition coefficient (Wildman–Crippen LogP) is 0.444. The van der Waals surface area contributed by atoms with Crippen molar-refractivity contribution in [1.29, 1.82) is 0 Å². The molecule has 0 radical (unpaired) electrons. The molecule has 0 atom stereocenters. The van der Waals surface area contributed by atoms with Crippen molar-refractivity contribution in [1.82, 2.24) is 0 Å². The lowest BCUT2D eigenvalue weighted by molar-refractivity contribution is -0.133. The van der Waals surface area contributed by atoms with Crippen molar-refractivity contribution >= 4 is 18.2 Å². The molecular formula is C8H10O4. The molecular weight excluding hydrogens is 160 g/mol.